The minimum atomic E-state index is -0.0953. The highest BCUT2D eigenvalue weighted by atomic mass is 16.5. The molecule has 0 N–H and O–H groups in total. The summed E-state index contributed by atoms with van der Waals surface area (Å²) in [5.74, 6) is 0.769. The van der Waals surface area contributed by atoms with E-state index in [-0.39, 0.29) is 11.6 Å². The van der Waals surface area contributed by atoms with Gasteiger partial charge in [-0.3, -0.25) is 9.59 Å². The number of methoxy groups -OCH3 is 2. The fourth-order valence-electron chi connectivity index (χ4n) is 2.78. The van der Waals surface area contributed by atoms with E-state index in [0.717, 1.165) is 19.3 Å². The molecule has 0 saturated carbocycles. The lowest BCUT2D eigenvalue weighted by atomic mass is 9.82. The van der Waals surface area contributed by atoms with Gasteiger partial charge in [0.05, 0.1) is 14.2 Å². The molecule has 1 aromatic carbocycles. The van der Waals surface area contributed by atoms with Crippen LogP contribution in [-0.2, 0) is 0 Å². The van der Waals surface area contributed by atoms with Crippen LogP contribution < -0.4 is 9.47 Å². The average molecular weight is 302 g/mol. The van der Waals surface area contributed by atoms with Crippen molar-refractivity contribution in [3.8, 4) is 11.5 Å². The third kappa shape index (κ3) is 2.78. The Morgan fingerprint density at radius 2 is 1.45 bits per heavy atom. The van der Waals surface area contributed by atoms with Crippen LogP contribution in [0.15, 0.2) is 23.3 Å². The molecule has 0 aliphatic heterocycles. The van der Waals surface area contributed by atoms with Crippen LogP contribution in [0.4, 0.5) is 0 Å². The van der Waals surface area contributed by atoms with Crippen LogP contribution in [0.1, 0.15) is 60.2 Å². The number of allylic oxidation sites excluding steroid dienone is 2. The number of fused-ring (bicyclic) bond motifs is 1. The lowest BCUT2D eigenvalue weighted by Crippen LogP contribution is -2.21. The minimum Gasteiger partial charge on any atom is -0.493 e. The van der Waals surface area contributed by atoms with Crippen LogP contribution in [0.5, 0.6) is 11.5 Å². The summed E-state index contributed by atoms with van der Waals surface area (Å²) in [6, 6.07) is 3.21. The Labute approximate surface area is 131 Å². The molecule has 0 unspecified atom stereocenters. The van der Waals surface area contributed by atoms with Gasteiger partial charge in [0.2, 0.25) is 0 Å². The van der Waals surface area contributed by atoms with E-state index in [2.05, 4.69) is 6.92 Å². The van der Waals surface area contributed by atoms with Gasteiger partial charge in [-0.15, -0.1) is 0 Å². The van der Waals surface area contributed by atoms with Gasteiger partial charge in [-0.2, -0.15) is 0 Å². The molecular weight excluding hydrogens is 280 g/mol. The first-order valence-corrected chi connectivity index (χ1v) is 7.60. The highest BCUT2D eigenvalue weighted by Crippen LogP contribution is 2.36. The number of rotatable bonds is 6. The van der Waals surface area contributed by atoms with Gasteiger partial charge in [-0.25, -0.2) is 0 Å². The Morgan fingerprint density at radius 3 is 1.95 bits per heavy atom. The molecule has 1 aliphatic rings. The van der Waals surface area contributed by atoms with Gasteiger partial charge in [0.15, 0.2) is 23.1 Å². The third-order valence-corrected chi connectivity index (χ3v) is 4.11. The van der Waals surface area contributed by atoms with E-state index >= 15 is 0 Å². The SMILES string of the molecule is CCCCCC1=C(C)C(=O)c2cc(OC)c(OC)cc2C1=O. The first kappa shape index (κ1) is 16.3. The second-order valence-electron chi connectivity index (χ2n) is 5.47. The number of hydrogen-bond donors (Lipinski definition) is 0. The topological polar surface area (TPSA) is 52.6 Å². The van der Waals surface area contributed by atoms with Gasteiger partial charge in [-0.1, -0.05) is 19.8 Å². The average Bonchev–Trinajstić information content (AvgIpc) is 2.54. The number of ether oxygens (including phenoxy) is 2. The van der Waals surface area contributed by atoms with Crippen LogP contribution >= 0.6 is 0 Å². The van der Waals surface area contributed by atoms with Crippen molar-refractivity contribution in [3.05, 3.63) is 34.4 Å². The number of hydrogen-bond acceptors (Lipinski definition) is 4. The van der Waals surface area contributed by atoms with Crippen LogP contribution in [0, 0.1) is 0 Å². The lowest BCUT2D eigenvalue weighted by molar-refractivity contribution is 0.0971. The Hall–Kier alpha value is -2.10. The van der Waals surface area contributed by atoms with Crippen molar-refractivity contribution >= 4 is 11.6 Å². The highest BCUT2D eigenvalue weighted by molar-refractivity contribution is 6.27. The van der Waals surface area contributed by atoms with Gasteiger partial charge < -0.3 is 9.47 Å². The summed E-state index contributed by atoms with van der Waals surface area (Å²) in [6.07, 6.45) is 3.70. The molecule has 0 saturated heterocycles. The molecule has 4 nitrogen and oxygen atoms in total. The van der Waals surface area contributed by atoms with Gasteiger partial charge in [0.1, 0.15) is 0 Å². The molecule has 0 bridgehead atoms. The number of carbonyl (C=O) groups excluding carboxylic acids is 2. The summed E-state index contributed by atoms with van der Waals surface area (Å²) in [6.45, 7) is 3.85. The normalized spacial score (nSPS) is 14.2. The minimum absolute atomic E-state index is 0.0656. The summed E-state index contributed by atoms with van der Waals surface area (Å²) in [5, 5.41) is 0. The number of Topliss-reactive ketones (excluding diaryl/α,β-unsaturated/α-hetero) is 2. The molecule has 0 spiro atoms. The first-order chi connectivity index (χ1) is 10.5. The van der Waals surface area contributed by atoms with E-state index in [1.165, 1.54) is 14.2 Å². The van der Waals surface area contributed by atoms with Gasteiger partial charge in [0.25, 0.3) is 0 Å². The molecule has 22 heavy (non-hydrogen) atoms. The van der Waals surface area contributed by atoms with Crippen LogP contribution in [0.2, 0.25) is 0 Å². The second-order valence-corrected chi connectivity index (χ2v) is 5.47. The van der Waals surface area contributed by atoms with E-state index in [0.29, 0.717) is 40.2 Å². The zero-order valence-electron chi connectivity index (χ0n) is 13.6. The van der Waals surface area contributed by atoms with Crippen molar-refractivity contribution in [3.63, 3.8) is 0 Å². The van der Waals surface area contributed by atoms with Crippen molar-refractivity contribution < 1.29 is 19.1 Å². The molecule has 1 aliphatic carbocycles. The van der Waals surface area contributed by atoms with E-state index in [4.69, 9.17) is 9.47 Å². The predicted octanol–water partition coefficient (Wildman–Crippen LogP) is 3.98. The quantitative estimate of drug-likeness (QED) is 0.746. The van der Waals surface area contributed by atoms with Crippen LogP contribution in [0.3, 0.4) is 0 Å². The lowest BCUT2D eigenvalue weighted by Gasteiger charge is -2.21. The standard InChI is InChI=1S/C18H22O4/c1-5-6-7-8-12-11(2)17(19)13-9-15(21-3)16(22-4)10-14(13)18(12)20/h9-10H,5-8H2,1-4H3. The fourth-order valence-corrected chi connectivity index (χ4v) is 2.78. The molecule has 0 amide bonds. The summed E-state index contributed by atoms with van der Waals surface area (Å²) >= 11 is 0. The number of carbonyl (C=O) groups is 2. The zero-order chi connectivity index (χ0) is 16.3. The Morgan fingerprint density at radius 1 is 0.909 bits per heavy atom. The van der Waals surface area contributed by atoms with E-state index in [1.54, 1.807) is 19.1 Å². The fraction of sp³-hybridized carbons (Fsp3) is 0.444. The molecule has 2 rings (SSSR count). The van der Waals surface area contributed by atoms with Gasteiger partial charge in [-0.05, 0) is 31.9 Å². The molecule has 4 heteroatoms. The Balaban J connectivity index is 2.46. The molecular formula is C18H22O4. The first-order valence-electron chi connectivity index (χ1n) is 7.60. The summed E-state index contributed by atoms with van der Waals surface area (Å²) in [7, 11) is 3.03. The number of benzene rings is 1. The largest absolute Gasteiger partial charge is 0.493 e. The molecule has 0 atom stereocenters. The molecule has 0 heterocycles. The van der Waals surface area contributed by atoms with Crippen molar-refractivity contribution in [1.82, 2.24) is 0 Å². The number of ketones is 2. The summed E-state index contributed by atoms with van der Waals surface area (Å²) in [5.41, 5.74) is 2.01. The molecule has 0 aromatic heterocycles. The van der Waals surface area contributed by atoms with Crippen molar-refractivity contribution in [1.29, 1.82) is 0 Å². The summed E-state index contributed by atoms with van der Waals surface area (Å²) in [4.78, 5) is 25.3. The van der Waals surface area contributed by atoms with Crippen LogP contribution in [0.25, 0.3) is 0 Å². The van der Waals surface area contributed by atoms with Gasteiger partial charge in [0, 0.05) is 22.3 Å². The molecule has 0 radical (unpaired) electrons. The molecule has 118 valence electrons. The van der Waals surface area contributed by atoms with Crippen molar-refractivity contribution in [2.75, 3.05) is 14.2 Å². The van der Waals surface area contributed by atoms with Crippen molar-refractivity contribution in [2.45, 2.75) is 39.5 Å². The maximum absolute atomic E-state index is 12.7. The zero-order valence-corrected chi connectivity index (χ0v) is 13.6. The smallest absolute Gasteiger partial charge is 0.190 e. The van der Waals surface area contributed by atoms with E-state index < -0.39 is 0 Å². The maximum atomic E-state index is 12.7. The maximum Gasteiger partial charge on any atom is 0.190 e. The summed E-state index contributed by atoms with van der Waals surface area (Å²) < 4.78 is 10.5. The van der Waals surface area contributed by atoms with E-state index in [1.807, 2.05) is 0 Å². The van der Waals surface area contributed by atoms with Crippen molar-refractivity contribution in [2.24, 2.45) is 0 Å². The van der Waals surface area contributed by atoms with E-state index in [9.17, 15) is 9.59 Å². The Bertz CT molecular complexity index is 641. The third-order valence-electron chi connectivity index (χ3n) is 4.11. The predicted molar refractivity (Wildman–Crippen MR) is 85.0 cm³/mol. The highest BCUT2D eigenvalue weighted by Gasteiger charge is 2.31. The second kappa shape index (κ2) is 6.77. The van der Waals surface area contributed by atoms with Crippen LogP contribution in [-0.4, -0.2) is 25.8 Å². The number of unbranched alkanes of at least 4 members (excludes halogenated alkanes) is 2. The Kier molecular flexibility index (Phi) is 5.01. The molecule has 0 fully saturated rings. The van der Waals surface area contributed by atoms with Gasteiger partial charge >= 0.3 is 0 Å². The monoisotopic (exact) mass is 302 g/mol. The molecule has 1 aromatic rings.